The molecule has 0 saturated carbocycles. The molecule has 3 N–H and O–H groups in total. The van der Waals surface area contributed by atoms with E-state index in [1.165, 1.54) is 0 Å². The van der Waals surface area contributed by atoms with E-state index in [1.807, 2.05) is 13.8 Å². The van der Waals surface area contributed by atoms with Gasteiger partial charge in [0.2, 0.25) is 0 Å². The predicted molar refractivity (Wildman–Crippen MR) is 76.2 cm³/mol. The van der Waals surface area contributed by atoms with Gasteiger partial charge in [0.25, 0.3) is 0 Å². The number of nitrogens with one attached hydrogen (secondary N) is 2. The summed E-state index contributed by atoms with van der Waals surface area (Å²) < 4.78 is 0. The van der Waals surface area contributed by atoms with Gasteiger partial charge >= 0.3 is 12.0 Å². The molecule has 19 heavy (non-hydrogen) atoms. The van der Waals surface area contributed by atoms with Crippen molar-refractivity contribution in [3.05, 3.63) is 0 Å². The van der Waals surface area contributed by atoms with Crippen molar-refractivity contribution in [3.8, 4) is 0 Å². The summed E-state index contributed by atoms with van der Waals surface area (Å²) in [5, 5.41) is 14.3. The maximum absolute atomic E-state index is 11.5. The molecule has 0 spiro atoms. The highest BCUT2D eigenvalue weighted by atomic mass is 16.4. The first-order valence-electron chi connectivity index (χ1n) is 7.21. The Balaban J connectivity index is 3.59. The van der Waals surface area contributed by atoms with E-state index in [4.69, 9.17) is 5.11 Å². The minimum Gasteiger partial charge on any atom is -0.481 e. The summed E-state index contributed by atoms with van der Waals surface area (Å²) in [5.41, 5.74) is 0. The highest BCUT2D eigenvalue weighted by Crippen LogP contribution is 2.09. The summed E-state index contributed by atoms with van der Waals surface area (Å²) in [5.74, 6) is -0.448. The first kappa shape index (κ1) is 17.7. The van der Waals surface area contributed by atoms with Crippen LogP contribution in [-0.2, 0) is 4.79 Å². The van der Waals surface area contributed by atoms with Crippen molar-refractivity contribution < 1.29 is 14.7 Å². The highest BCUT2D eigenvalue weighted by Gasteiger charge is 2.08. The molecule has 0 radical (unpaired) electrons. The van der Waals surface area contributed by atoms with E-state index in [0.29, 0.717) is 18.9 Å². The van der Waals surface area contributed by atoms with E-state index >= 15 is 0 Å². The van der Waals surface area contributed by atoms with E-state index in [0.717, 1.165) is 25.7 Å². The summed E-state index contributed by atoms with van der Waals surface area (Å²) >= 11 is 0. The number of carboxylic acid groups (broad SMARTS) is 1. The van der Waals surface area contributed by atoms with Crippen LogP contribution >= 0.6 is 0 Å². The number of unbranched alkanes of at least 4 members (excludes halogenated alkanes) is 1. The molecule has 5 nitrogen and oxygen atoms in total. The number of carbonyl (C=O) groups excluding carboxylic acids is 1. The zero-order valence-corrected chi connectivity index (χ0v) is 12.4. The number of hydrogen-bond acceptors (Lipinski definition) is 2. The lowest BCUT2D eigenvalue weighted by Gasteiger charge is -2.15. The average molecular weight is 272 g/mol. The molecule has 112 valence electrons. The van der Waals surface area contributed by atoms with Crippen LogP contribution in [0, 0.1) is 5.92 Å². The summed E-state index contributed by atoms with van der Waals surface area (Å²) in [6.45, 7) is 6.73. The molecule has 2 unspecified atom stereocenters. The van der Waals surface area contributed by atoms with E-state index in [1.54, 1.807) is 0 Å². The zero-order chi connectivity index (χ0) is 14.7. The monoisotopic (exact) mass is 272 g/mol. The van der Waals surface area contributed by atoms with Crippen LogP contribution in [0.25, 0.3) is 0 Å². The number of hydrogen-bond donors (Lipinski definition) is 3. The van der Waals surface area contributed by atoms with Gasteiger partial charge in [0, 0.05) is 19.0 Å². The molecule has 0 aromatic heterocycles. The van der Waals surface area contributed by atoms with Crippen molar-refractivity contribution in [2.45, 2.75) is 65.3 Å². The van der Waals surface area contributed by atoms with Crippen LogP contribution in [-0.4, -0.2) is 29.7 Å². The number of urea groups is 1. The molecule has 0 saturated heterocycles. The van der Waals surface area contributed by atoms with E-state index < -0.39 is 5.97 Å². The quantitative estimate of drug-likeness (QED) is 0.572. The van der Waals surface area contributed by atoms with Gasteiger partial charge in [-0.15, -0.1) is 0 Å². The van der Waals surface area contributed by atoms with Crippen LogP contribution in [0.3, 0.4) is 0 Å². The van der Waals surface area contributed by atoms with Crippen molar-refractivity contribution >= 4 is 12.0 Å². The molecular weight excluding hydrogens is 244 g/mol. The van der Waals surface area contributed by atoms with Gasteiger partial charge in [-0.25, -0.2) is 4.79 Å². The number of carboxylic acids is 1. The largest absolute Gasteiger partial charge is 0.481 e. The summed E-state index contributed by atoms with van der Waals surface area (Å²) in [7, 11) is 0. The summed E-state index contributed by atoms with van der Waals surface area (Å²) in [6, 6.07) is 0.0680. The third-order valence-corrected chi connectivity index (χ3v) is 3.14. The van der Waals surface area contributed by atoms with Crippen LogP contribution in [0.4, 0.5) is 4.79 Å². The van der Waals surface area contributed by atoms with Crippen molar-refractivity contribution in [3.63, 3.8) is 0 Å². The lowest BCUT2D eigenvalue weighted by Crippen LogP contribution is -2.41. The molecule has 5 heteroatoms. The Morgan fingerprint density at radius 3 is 2.42 bits per heavy atom. The molecule has 0 bridgehead atoms. The first-order chi connectivity index (χ1) is 8.95. The van der Waals surface area contributed by atoms with E-state index in [-0.39, 0.29) is 18.5 Å². The lowest BCUT2D eigenvalue weighted by atomic mass is 10.0. The van der Waals surface area contributed by atoms with Crippen LogP contribution in [0.5, 0.6) is 0 Å². The van der Waals surface area contributed by atoms with Gasteiger partial charge in [-0.2, -0.15) is 0 Å². The molecule has 0 aromatic rings. The van der Waals surface area contributed by atoms with Gasteiger partial charge in [0.15, 0.2) is 0 Å². The van der Waals surface area contributed by atoms with Crippen LogP contribution < -0.4 is 10.6 Å². The molecule has 0 heterocycles. The second kappa shape index (κ2) is 10.6. The third-order valence-electron chi connectivity index (χ3n) is 3.14. The normalized spacial score (nSPS) is 13.6. The molecule has 0 aromatic carbocycles. The Morgan fingerprint density at radius 1 is 1.16 bits per heavy atom. The molecule has 2 atom stereocenters. The van der Waals surface area contributed by atoms with E-state index in [2.05, 4.69) is 17.6 Å². The lowest BCUT2D eigenvalue weighted by molar-refractivity contribution is -0.137. The summed E-state index contributed by atoms with van der Waals surface area (Å²) in [6.07, 6.45) is 4.92. The molecule has 0 aliphatic heterocycles. The Hall–Kier alpha value is -1.26. The van der Waals surface area contributed by atoms with Crippen molar-refractivity contribution in [2.24, 2.45) is 5.92 Å². The molecule has 0 aliphatic carbocycles. The van der Waals surface area contributed by atoms with Crippen LogP contribution in [0.15, 0.2) is 0 Å². The Kier molecular flexibility index (Phi) is 9.94. The van der Waals surface area contributed by atoms with Gasteiger partial charge in [-0.3, -0.25) is 4.79 Å². The number of carbonyl (C=O) groups is 2. The second-order valence-electron chi connectivity index (χ2n) is 5.27. The first-order valence-corrected chi connectivity index (χ1v) is 7.21. The topological polar surface area (TPSA) is 78.4 Å². The minimum atomic E-state index is -0.762. The van der Waals surface area contributed by atoms with Gasteiger partial charge in [-0.1, -0.05) is 26.7 Å². The zero-order valence-electron chi connectivity index (χ0n) is 12.4. The van der Waals surface area contributed by atoms with Crippen LogP contribution in [0.2, 0.25) is 0 Å². The van der Waals surface area contributed by atoms with Crippen molar-refractivity contribution in [1.82, 2.24) is 10.6 Å². The third kappa shape index (κ3) is 11.6. The molecular formula is C14H28N2O3. The minimum absolute atomic E-state index is 0.131. The van der Waals surface area contributed by atoms with Crippen molar-refractivity contribution in [2.75, 3.05) is 6.54 Å². The Bertz CT molecular complexity index is 269. The maximum atomic E-state index is 11.5. The fourth-order valence-corrected chi connectivity index (χ4v) is 1.80. The van der Waals surface area contributed by atoms with Gasteiger partial charge in [-0.05, 0) is 32.1 Å². The fourth-order valence-electron chi connectivity index (χ4n) is 1.80. The molecule has 0 fully saturated rings. The Labute approximate surface area is 116 Å². The van der Waals surface area contributed by atoms with Gasteiger partial charge < -0.3 is 15.7 Å². The highest BCUT2D eigenvalue weighted by molar-refractivity contribution is 5.74. The van der Waals surface area contributed by atoms with E-state index in [9.17, 15) is 9.59 Å². The number of amides is 2. The molecule has 0 aliphatic rings. The fraction of sp³-hybridized carbons (Fsp3) is 0.857. The standard InChI is InChI=1S/C14H28N2O3/c1-4-5-6-12(3)16-14(19)15-10-9-11(2)7-8-13(17)18/h11-12H,4-10H2,1-3H3,(H,17,18)(H2,15,16,19). The number of rotatable bonds is 10. The second-order valence-corrected chi connectivity index (χ2v) is 5.27. The van der Waals surface area contributed by atoms with Gasteiger partial charge in [0.05, 0.1) is 0 Å². The molecule has 0 rings (SSSR count). The van der Waals surface area contributed by atoms with Gasteiger partial charge in [0.1, 0.15) is 0 Å². The van der Waals surface area contributed by atoms with Crippen LogP contribution in [0.1, 0.15) is 59.3 Å². The van der Waals surface area contributed by atoms with Crippen molar-refractivity contribution in [1.29, 1.82) is 0 Å². The SMILES string of the molecule is CCCCC(C)NC(=O)NCCC(C)CCC(=O)O. The average Bonchev–Trinajstić information content (AvgIpc) is 2.33. The predicted octanol–water partition coefficient (Wildman–Crippen LogP) is 2.76. The maximum Gasteiger partial charge on any atom is 0.314 e. The Morgan fingerprint density at radius 2 is 1.84 bits per heavy atom. The molecule has 2 amide bonds. The number of aliphatic carboxylic acids is 1. The smallest absolute Gasteiger partial charge is 0.314 e. The summed E-state index contributed by atoms with van der Waals surface area (Å²) in [4.78, 5) is 22.0.